The molecular weight excluding hydrogens is 579 g/mol. The molecule has 2 N–H and O–H groups in total. The van der Waals surface area contributed by atoms with Gasteiger partial charge in [-0.1, -0.05) is 34.8 Å². The fourth-order valence-electron chi connectivity index (χ4n) is 4.11. The number of furan rings is 1. The van der Waals surface area contributed by atoms with Gasteiger partial charge in [0, 0.05) is 36.4 Å². The molecule has 0 radical (unpaired) electrons. The Morgan fingerprint density at radius 1 is 1.11 bits per heavy atom. The molecule has 1 atom stereocenters. The highest BCUT2D eigenvalue weighted by Crippen LogP contribution is 2.35. The third-order valence-electron chi connectivity index (χ3n) is 6.02. The molecule has 0 unspecified atom stereocenters. The molecule has 9 nitrogen and oxygen atoms in total. The third kappa shape index (κ3) is 5.99. The summed E-state index contributed by atoms with van der Waals surface area (Å²) in [4.78, 5) is 39.5. The number of aliphatic carboxylic acids is 1. The summed E-state index contributed by atoms with van der Waals surface area (Å²) in [6.45, 7) is 0.562. The lowest BCUT2D eigenvalue weighted by atomic mass is 9.95. The van der Waals surface area contributed by atoms with Crippen molar-refractivity contribution in [3.05, 3.63) is 85.5 Å². The van der Waals surface area contributed by atoms with Gasteiger partial charge in [-0.15, -0.1) is 0 Å². The van der Waals surface area contributed by atoms with Crippen LogP contribution in [-0.2, 0) is 34.0 Å². The topological polar surface area (TPSA) is 134 Å². The van der Waals surface area contributed by atoms with Crippen LogP contribution in [0.1, 0.15) is 37.6 Å². The first-order valence-corrected chi connectivity index (χ1v) is 14.2. The van der Waals surface area contributed by atoms with Crippen LogP contribution in [-0.4, -0.2) is 55.1 Å². The standard InChI is InChI=1S/C25H21Cl3N2O7S/c1-38(35,36)20-7-6-16(37-20)11-19(25(33)34)29-23(31)21-18(27)10-14-12-30(9-8-17(14)22(21)28)24(32)13-2-4-15(26)5-3-13/h2-7,10,19H,8-9,11-12H2,1H3,(H,29,31)(H,33,34)/t19-/m0/s1. The van der Waals surface area contributed by atoms with E-state index in [0.717, 1.165) is 6.26 Å². The van der Waals surface area contributed by atoms with Gasteiger partial charge in [0.25, 0.3) is 11.8 Å². The van der Waals surface area contributed by atoms with E-state index in [1.165, 1.54) is 12.1 Å². The SMILES string of the molecule is CS(=O)(=O)c1ccc(C[C@H](NC(=O)c2c(Cl)cc3c(c2Cl)CCN(C(=O)c2ccc(Cl)cc2)C3)C(=O)O)o1. The maximum absolute atomic E-state index is 13.1. The molecule has 0 spiro atoms. The van der Waals surface area contributed by atoms with Crippen LogP contribution < -0.4 is 5.32 Å². The van der Waals surface area contributed by atoms with Crippen LogP contribution in [0.5, 0.6) is 0 Å². The minimum atomic E-state index is -3.62. The Morgan fingerprint density at radius 2 is 1.79 bits per heavy atom. The number of rotatable bonds is 7. The first-order chi connectivity index (χ1) is 17.8. The Bertz CT molecular complexity index is 1530. The number of carbonyl (C=O) groups is 3. The fourth-order valence-corrected chi connectivity index (χ4v) is 5.57. The summed E-state index contributed by atoms with van der Waals surface area (Å²) in [5.74, 6) is -2.31. The van der Waals surface area contributed by atoms with Crippen LogP contribution in [0.2, 0.25) is 15.1 Å². The number of nitrogens with one attached hydrogen (secondary N) is 1. The monoisotopic (exact) mass is 598 g/mol. The molecule has 0 aliphatic carbocycles. The molecule has 3 aromatic rings. The summed E-state index contributed by atoms with van der Waals surface area (Å²) in [7, 11) is -3.62. The second kappa shape index (κ2) is 11.0. The van der Waals surface area contributed by atoms with E-state index in [0.29, 0.717) is 34.7 Å². The zero-order chi connectivity index (χ0) is 27.8. The largest absolute Gasteiger partial charge is 0.480 e. The van der Waals surface area contributed by atoms with Gasteiger partial charge in [-0.05, 0) is 60.0 Å². The molecule has 200 valence electrons. The summed E-state index contributed by atoms with van der Waals surface area (Å²) < 4.78 is 28.5. The van der Waals surface area contributed by atoms with E-state index in [1.54, 1.807) is 35.2 Å². The second-order valence-corrected chi connectivity index (χ2v) is 11.9. The number of amides is 2. The van der Waals surface area contributed by atoms with Crippen molar-refractivity contribution < 1.29 is 32.3 Å². The van der Waals surface area contributed by atoms with Crippen molar-refractivity contribution in [3.63, 3.8) is 0 Å². The number of hydrogen-bond acceptors (Lipinski definition) is 6. The lowest BCUT2D eigenvalue weighted by Gasteiger charge is -2.30. The van der Waals surface area contributed by atoms with Gasteiger partial charge in [0.1, 0.15) is 11.8 Å². The Labute approximate surface area is 233 Å². The van der Waals surface area contributed by atoms with Crippen molar-refractivity contribution in [1.29, 1.82) is 0 Å². The van der Waals surface area contributed by atoms with E-state index < -0.39 is 27.8 Å². The Hall–Kier alpha value is -3.05. The van der Waals surface area contributed by atoms with Gasteiger partial charge in [-0.25, -0.2) is 13.2 Å². The van der Waals surface area contributed by atoms with E-state index in [1.807, 2.05) is 0 Å². The highest BCUT2D eigenvalue weighted by atomic mass is 35.5. The molecule has 38 heavy (non-hydrogen) atoms. The molecular formula is C25H21Cl3N2O7S. The van der Waals surface area contributed by atoms with Crippen molar-refractivity contribution >= 4 is 62.4 Å². The quantitative estimate of drug-likeness (QED) is 0.414. The average Bonchev–Trinajstić information content (AvgIpc) is 3.32. The van der Waals surface area contributed by atoms with E-state index in [-0.39, 0.29) is 45.3 Å². The molecule has 0 saturated heterocycles. The average molecular weight is 600 g/mol. The lowest BCUT2D eigenvalue weighted by Crippen LogP contribution is -2.42. The number of sulfone groups is 1. The van der Waals surface area contributed by atoms with Crippen molar-refractivity contribution in [1.82, 2.24) is 10.2 Å². The first kappa shape index (κ1) is 28.0. The number of fused-ring (bicyclic) bond motifs is 1. The first-order valence-electron chi connectivity index (χ1n) is 11.2. The number of benzene rings is 2. The van der Waals surface area contributed by atoms with Crippen LogP contribution in [0, 0.1) is 0 Å². The third-order valence-corrected chi connectivity index (χ3v) is 7.94. The van der Waals surface area contributed by atoms with Gasteiger partial charge in [-0.3, -0.25) is 9.59 Å². The maximum Gasteiger partial charge on any atom is 0.326 e. The molecule has 1 aliphatic heterocycles. The number of nitrogens with zero attached hydrogens (tertiary/aromatic N) is 1. The normalized spacial score (nSPS) is 14.1. The number of carbonyl (C=O) groups excluding carboxylic acids is 2. The zero-order valence-electron chi connectivity index (χ0n) is 19.8. The predicted molar refractivity (Wildman–Crippen MR) is 141 cm³/mol. The van der Waals surface area contributed by atoms with Gasteiger partial charge in [0.2, 0.25) is 14.9 Å². The zero-order valence-corrected chi connectivity index (χ0v) is 22.9. The number of hydrogen-bond donors (Lipinski definition) is 2. The fraction of sp³-hybridized carbons (Fsp3) is 0.240. The van der Waals surface area contributed by atoms with Crippen molar-refractivity contribution in [2.75, 3.05) is 12.8 Å². The number of halogens is 3. The molecule has 4 rings (SSSR count). The van der Waals surface area contributed by atoms with Crippen LogP contribution in [0.3, 0.4) is 0 Å². The Balaban J connectivity index is 1.53. The van der Waals surface area contributed by atoms with E-state index in [9.17, 15) is 27.9 Å². The molecule has 0 bridgehead atoms. The minimum Gasteiger partial charge on any atom is -0.480 e. The van der Waals surface area contributed by atoms with Crippen LogP contribution in [0.25, 0.3) is 0 Å². The molecule has 2 heterocycles. The van der Waals surface area contributed by atoms with Crippen LogP contribution >= 0.6 is 34.8 Å². The molecule has 2 aromatic carbocycles. The van der Waals surface area contributed by atoms with Crippen LogP contribution in [0.4, 0.5) is 0 Å². The van der Waals surface area contributed by atoms with E-state index in [2.05, 4.69) is 5.32 Å². The molecule has 1 aromatic heterocycles. The lowest BCUT2D eigenvalue weighted by molar-refractivity contribution is -0.139. The van der Waals surface area contributed by atoms with Gasteiger partial charge in [-0.2, -0.15) is 0 Å². The number of carboxylic acids is 1. The van der Waals surface area contributed by atoms with Crippen molar-refractivity contribution in [3.8, 4) is 0 Å². The number of carboxylic acid groups (broad SMARTS) is 1. The minimum absolute atomic E-state index is 0.00598. The highest BCUT2D eigenvalue weighted by Gasteiger charge is 2.30. The highest BCUT2D eigenvalue weighted by molar-refractivity contribution is 7.90. The molecule has 2 amide bonds. The summed E-state index contributed by atoms with van der Waals surface area (Å²) in [6.07, 6.45) is 1.01. The molecule has 0 saturated carbocycles. The summed E-state index contributed by atoms with van der Waals surface area (Å²) in [5, 5.41) is 12.3. The smallest absolute Gasteiger partial charge is 0.326 e. The van der Waals surface area contributed by atoms with Crippen LogP contribution in [0.15, 0.2) is 52.0 Å². The summed E-state index contributed by atoms with van der Waals surface area (Å²) in [5.41, 5.74) is 1.69. The van der Waals surface area contributed by atoms with Crippen molar-refractivity contribution in [2.24, 2.45) is 0 Å². The second-order valence-electron chi connectivity index (χ2n) is 8.73. The summed E-state index contributed by atoms with van der Waals surface area (Å²) >= 11 is 18.9. The Morgan fingerprint density at radius 3 is 2.39 bits per heavy atom. The van der Waals surface area contributed by atoms with Gasteiger partial charge < -0.3 is 19.7 Å². The predicted octanol–water partition coefficient (Wildman–Crippen LogP) is 4.27. The maximum atomic E-state index is 13.1. The van der Waals surface area contributed by atoms with Gasteiger partial charge in [0.15, 0.2) is 0 Å². The van der Waals surface area contributed by atoms with Gasteiger partial charge >= 0.3 is 5.97 Å². The molecule has 0 fully saturated rings. The Kier molecular flexibility index (Phi) is 8.08. The van der Waals surface area contributed by atoms with Crippen molar-refractivity contribution in [2.45, 2.75) is 30.5 Å². The summed E-state index contributed by atoms with van der Waals surface area (Å²) in [6, 6.07) is 9.17. The van der Waals surface area contributed by atoms with E-state index in [4.69, 9.17) is 39.2 Å². The van der Waals surface area contributed by atoms with Gasteiger partial charge in [0.05, 0.1) is 15.6 Å². The molecule has 13 heteroatoms. The van der Waals surface area contributed by atoms with E-state index >= 15 is 0 Å². The molecule has 1 aliphatic rings.